The standard InChI is InChI=1S/C19H17BrN2O3/c1-12-10-18(24)22(19-15(12)4-3-5-16(19)25-2)11-17(23)21-14-8-6-13(20)7-9-14/h3-10H,11H2,1-2H3,(H,21,23). The summed E-state index contributed by atoms with van der Waals surface area (Å²) in [4.78, 5) is 24.9. The molecule has 0 bridgehead atoms. The van der Waals surface area contributed by atoms with Gasteiger partial charge in [0.1, 0.15) is 12.3 Å². The fourth-order valence-corrected chi connectivity index (χ4v) is 3.03. The van der Waals surface area contributed by atoms with Gasteiger partial charge in [-0.2, -0.15) is 0 Å². The SMILES string of the molecule is COc1cccc2c(C)cc(=O)n(CC(=O)Nc3ccc(Br)cc3)c12. The number of para-hydroxylation sites is 1. The highest BCUT2D eigenvalue weighted by atomic mass is 79.9. The lowest BCUT2D eigenvalue weighted by Crippen LogP contribution is -2.28. The van der Waals surface area contributed by atoms with E-state index >= 15 is 0 Å². The van der Waals surface area contributed by atoms with Crippen LogP contribution in [0.5, 0.6) is 5.75 Å². The van der Waals surface area contributed by atoms with Crippen molar-refractivity contribution in [3.05, 3.63) is 68.9 Å². The Hall–Kier alpha value is -2.60. The third-order valence-electron chi connectivity index (χ3n) is 3.95. The molecule has 25 heavy (non-hydrogen) atoms. The summed E-state index contributed by atoms with van der Waals surface area (Å²) in [6, 6.07) is 14.4. The summed E-state index contributed by atoms with van der Waals surface area (Å²) in [6.45, 7) is 1.78. The average Bonchev–Trinajstić information content (AvgIpc) is 2.60. The predicted molar refractivity (Wildman–Crippen MR) is 102 cm³/mol. The lowest BCUT2D eigenvalue weighted by atomic mass is 10.1. The third kappa shape index (κ3) is 3.58. The smallest absolute Gasteiger partial charge is 0.251 e. The maximum absolute atomic E-state index is 12.5. The Kier molecular flexibility index (Phi) is 4.90. The minimum Gasteiger partial charge on any atom is -0.495 e. The maximum atomic E-state index is 12.5. The Morgan fingerprint density at radius 3 is 2.60 bits per heavy atom. The van der Waals surface area contributed by atoms with E-state index in [1.165, 1.54) is 10.6 Å². The number of fused-ring (bicyclic) bond motifs is 1. The van der Waals surface area contributed by atoms with Gasteiger partial charge in [-0.3, -0.25) is 14.2 Å². The number of benzene rings is 2. The number of hydrogen-bond donors (Lipinski definition) is 1. The molecule has 1 amide bonds. The Labute approximate surface area is 153 Å². The lowest BCUT2D eigenvalue weighted by Gasteiger charge is -2.15. The van der Waals surface area contributed by atoms with Crippen LogP contribution in [-0.2, 0) is 11.3 Å². The number of ether oxygens (including phenoxy) is 1. The molecule has 3 aromatic rings. The number of hydrogen-bond acceptors (Lipinski definition) is 3. The molecule has 1 heterocycles. The molecule has 2 aromatic carbocycles. The van der Waals surface area contributed by atoms with E-state index in [2.05, 4.69) is 21.2 Å². The molecular weight excluding hydrogens is 384 g/mol. The molecule has 0 aliphatic heterocycles. The van der Waals surface area contributed by atoms with E-state index in [9.17, 15) is 9.59 Å². The highest BCUT2D eigenvalue weighted by Gasteiger charge is 2.14. The Morgan fingerprint density at radius 2 is 1.92 bits per heavy atom. The summed E-state index contributed by atoms with van der Waals surface area (Å²) >= 11 is 3.35. The van der Waals surface area contributed by atoms with Crippen LogP contribution in [0.25, 0.3) is 10.9 Å². The van der Waals surface area contributed by atoms with Crippen LogP contribution in [0.2, 0.25) is 0 Å². The molecule has 0 unspecified atom stereocenters. The second-order valence-electron chi connectivity index (χ2n) is 5.66. The van der Waals surface area contributed by atoms with Crippen molar-refractivity contribution < 1.29 is 9.53 Å². The molecule has 0 spiro atoms. The molecule has 3 rings (SSSR count). The molecule has 6 heteroatoms. The van der Waals surface area contributed by atoms with Crippen LogP contribution in [0.4, 0.5) is 5.69 Å². The van der Waals surface area contributed by atoms with Crippen LogP contribution in [-0.4, -0.2) is 17.6 Å². The van der Waals surface area contributed by atoms with E-state index in [0.29, 0.717) is 17.0 Å². The Bertz CT molecular complexity index is 994. The summed E-state index contributed by atoms with van der Waals surface area (Å²) in [5, 5.41) is 3.69. The molecule has 0 radical (unpaired) electrons. The number of nitrogens with zero attached hydrogens (tertiary/aromatic N) is 1. The van der Waals surface area contributed by atoms with Crippen molar-refractivity contribution in [2.45, 2.75) is 13.5 Å². The summed E-state index contributed by atoms with van der Waals surface area (Å²) < 4.78 is 7.76. The number of rotatable bonds is 4. The Balaban J connectivity index is 1.99. The second kappa shape index (κ2) is 7.11. The third-order valence-corrected chi connectivity index (χ3v) is 4.48. The van der Waals surface area contributed by atoms with E-state index in [1.807, 2.05) is 31.2 Å². The normalized spacial score (nSPS) is 10.7. The highest BCUT2D eigenvalue weighted by molar-refractivity contribution is 9.10. The van der Waals surface area contributed by atoms with Gasteiger partial charge in [0.2, 0.25) is 5.91 Å². The highest BCUT2D eigenvalue weighted by Crippen LogP contribution is 2.26. The van der Waals surface area contributed by atoms with Gasteiger partial charge < -0.3 is 10.1 Å². The first-order chi connectivity index (χ1) is 12.0. The molecule has 0 atom stereocenters. The van der Waals surface area contributed by atoms with Gasteiger partial charge in [-0.1, -0.05) is 28.1 Å². The number of aryl methyl sites for hydroxylation is 1. The van der Waals surface area contributed by atoms with Gasteiger partial charge in [-0.15, -0.1) is 0 Å². The van der Waals surface area contributed by atoms with Crippen molar-refractivity contribution in [3.8, 4) is 5.75 Å². The molecule has 1 N–H and O–H groups in total. The van der Waals surface area contributed by atoms with Crippen molar-refractivity contribution in [2.75, 3.05) is 12.4 Å². The number of halogens is 1. The van der Waals surface area contributed by atoms with Gasteiger partial charge in [0.25, 0.3) is 5.56 Å². The molecule has 0 aliphatic rings. The van der Waals surface area contributed by atoms with Crippen molar-refractivity contribution in [1.29, 1.82) is 0 Å². The van der Waals surface area contributed by atoms with Crippen LogP contribution in [0.15, 0.2) is 57.8 Å². The number of methoxy groups -OCH3 is 1. The summed E-state index contributed by atoms with van der Waals surface area (Å²) in [5.41, 5.74) is 1.91. The predicted octanol–water partition coefficient (Wildman–Crippen LogP) is 3.72. The first-order valence-electron chi connectivity index (χ1n) is 7.72. The minimum absolute atomic E-state index is 0.0912. The number of anilines is 1. The molecule has 0 fully saturated rings. The number of nitrogens with one attached hydrogen (secondary N) is 1. The van der Waals surface area contributed by atoms with Crippen molar-refractivity contribution in [3.63, 3.8) is 0 Å². The number of carbonyl (C=O) groups excluding carboxylic acids is 1. The first-order valence-corrected chi connectivity index (χ1v) is 8.51. The van der Waals surface area contributed by atoms with Crippen LogP contribution in [0.3, 0.4) is 0 Å². The molecule has 5 nitrogen and oxygen atoms in total. The molecule has 128 valence electrons. The number of carbonyl (C=O) groups is 1. The topological polar surface area (TPSA) is 60.3 Å². The molecule has 0 aliphatic carbocycles. The van der Waals surface area contributed by atoms with E-state index in [0.717, 1.165) is 15.4 Å². The van der Waals surface area contributed by atoms with Crippen molar-refractivity contribution in [1.82, 2.24) is 4.57 Å². The van der Waals surface area contributed by atoms with E-state index in [4.69, 9.17) is 4.74 Å². The van der Waals surface area contributed by atoms with Gasteiger partial charge in [0.15, 0.2) is 0 Å². The summed E-state index contributed by atoms with van der Waals surface area (Å²) in [6.07, 6.45) is 0. The molecule has 0 saturated heterocycles. The van der Waals surface area contributed by atoms with Crippen molar-refractivity contribution in [2.24, 2.45) is 0 Å². The van der Waals surface area contributed by atoms with E-state index in [-0.39, 0.29) is 18.0 Å². The molecule has 1 aromatic heterocycles. The monoisotopic (exact) mass is 400 g/mol. The van der Waals surface area contributed by atoms with Gasteiger partial charge in [0, 0.05) is 21.6 Å². The number of amides is 1. The summed E-state index contributed by atoms with van der Waals surface area (Å²) in [5.74, 6) is 0.287. The molecule has 0 saturated carbocycles. The minimum atomic E-state index is -0.277. The molecular formula is C19H17BrN2O3. The zero-order valence-electron chi connectivity index (χ0n) is 13.9. The van der Waals surface area contributed by atoms with Crippen LogP contribution in [0, 0.1) is 6.92 Å². The quantitative estimate of drug-likeness (QED) is 0.725. The average molecular weight is 401 g/mol. The van der Waals surface area contributed by atoms with Gasteiger partial charge in [0.05, 0.1) is 12.6 Å². The van der Waals surface area contributed by atoms with Crippen LogP contribution >= 0.6 is 15.9 Å². The zero-order chi connectivity index (χ0) is 18.0. The van der Waals surface area contributed by atoms with Crippen LogP contribution in [0.1, 0.15) is 5.56 Å². The van der Waals surface area contributed by atoms with Gasteiger partial charge in [-0.05, 0) is 42.8 Å². The largest absolute Gasteiger partial charge is 0.495 e. The fourth-order valence-electron chi connectivity index (χ4n) is 2.77. The van der Waals surface area contributed by atoms with Gasteiger partial charge in [-0.25, -0.2) is 0 Å². The maximum Gasteiger partial charge on any atom is 0.251 e. The lowest BCUT2D eigenvalue weighted by molar-refractivity contribution is -0.116. The van der Waals surface area contributed by atoms with E-state index in [1.54, 1.807) is 25.3 Å². The van der Waals surface area contributed by atoms with Gasteiger partial charge >= 0.3 is 0 Å². The zero-order valence-corrected chi connectivity index (χ0v) is 15.5. The van der Waals surface area contributed by atoms with E-state index < -0.39 is 0 Å². The second-order valence-corrected chi connectivity index (χ2v) is 6.58. The first kappa shape index (κ1) is 17.2. The number of aromatic nitrogens is 1. The fraction of sp³-hybridized carbons (Fsp3) is 0.158. The Morgan fingerprint density at radius 1 is 1.20 bits per heavy atom. The summed E-state index contributed by atoms with van der Waals surface area (Å²) in [7, 11) is 1.55. The van der Waals surface area contributed by atoms with Crippen molar-refractivity contribution >= 4 is 38.4 Å². The number of pyridine rings is 1. The van der Waals surface area contributed by atoms with Crippen LogP contribution < -0.4 is 15.6 Å².